The van der Waals surface area contributed by atoms with Crippen LogP contribution in [0, 0.1) is 0 Å². The number of halogens is 6. The number of benzene rings is 1. The molecule has 0 amide bonds. The summed E-state index contributed by atoms with van der Waals surface area (Å²) in [6, 6.07) is 2.49. The van der Waals surface area contributed by atoms with E-state index < -0.39 is 29.6 Å². The van der Waals surface area contributed by atoms with E-state index in [0.717, 1.165) is 12.1 Å². The molecule has 102 valence electrons. The van der Waals surface area contributed by atoms with Crippen LogP contribution in [-0.2, 0) is 18.6 Å². The fraction of sp³-hybridized carbons (Fsp3) is 0.455. The topological polar surface area (TPSA) is 12.0 Å². The molecule has 0 fully saturated rings. The molecular formula is C11H11F5IN. The Morgan fingerprint density at radius 3 is 2.06 bits per heavy atom. The van der Waals surface area contributed by atoms with Gasteiger partial charge in [-0.2, -0.15) is 13.2 Å². The minimum atomic E-state index is -4.63. The number of rotatable bonds is 4. The lowest BCUT2D eigenvalue weighted by molar-refractivity contribution is -0.137. The summed E-state index contributed by atoms with van der Waals surface area (Å²) < 4.78 is 67.4. The lowest BCUT2D eigenvalue weighted by Gasteiger charge is -2.18. The van der Waals surface area contributed by atoms with Crippen molar-refractivity contribution in [3.8, 4) is 0 Å². The first-order valence-corrected chi connectivity index (χ1v) is 6.21. The maximum atomic E-state index is 13.5. The van der Waals surface area contributed by atoms with Gasteiger partial charge in [-0.05, 0) is 23.8 Å². The predicted octanol–water partition coefficient (Wildman–Crippen LogP) is 4.65. The lowest BCUT2D eigenvalue weighted by Crippen LogP contribution is -2.16. The van der Waals surface area contributed by atoms with Gasteiger partial charge in [0.15, 0.2) is 0 Å². The summed E-state index contributed by atoms with van der Waals surface area (Å²) in [7, 11) is 0. The van der Waals surface area contributed by atoms with Crippen LogP contribution in [0.4, 0.5) is 22.0 Å². The van der Waals surface area contributed by atoms with Gasteiger partial charge in [0.05, 0.1) is 5.56 Å². The van der Waals surface area contributed by atoms with Crippen molar-refractivity contribution in [3.63, 3.8) is 0 Å². The van der Waals surface area contributed by atoms with Crippen LogP contribution in [0.15, 0.2) is 18.2 Å². The van der Waals surface area contributed by atoms with Crippen LogP contribution in [0.25, 0.3) is 0 Å². The molecule has 0 radical (unpaired) electrons. The van der Waals surface area contributed by atoms with Crippen LogP contribution in [0.2, 0.25) is 0 Å². The summed E-state index contributed by atoms with van der Waals surface area (Å²) in [4.78, 5) is 0. The first-order valence-electron chi connectivity index (χ1n) is 5.13. The third-order valence-electron chi connectivity index (χ3n) is 2.46. The van der Waals surface area contributed by atoms with Crippen molar-refractivity contribution >= 4 is 22.9 Å². The van der Waals surface area contributed by atoms with Crippen LogP contribution < -0.4 is 3.53 Å². The Morgan fingerprint density at radius 2 is 1.61 bits per heavy atom. The second kappa shape index (κ2) is 5.68. The van der Waals surface area contributed by atoms with Gasteiger partial charge in [-0.25, -0.2) is 8.78 Å². The maximum Gasteiger partial charge on any atom is 0.416 e. The van der Waals surface area contributed by atoms with Crippen molar-refractivity contribution in [1.82, 2.24) is 3.53 Å². The zero-order valence-electron chi connectivity index (χ0n) is 9.41. The second-order valence-corrected chi connectivity index (χ2v) is 4.55. The van der Waals surface area contributed by atoms with Crippen LogP contribution >= 0.6 is 22.9 Å². The van der Waals surface area contributed by atoms with Crippen molar-refractivity contribution < 1.29 is 22.0 Å². The molecule has 0 atom stereocenters. The maximum absolute atomic E-state index is 13.5. The molecule has 0 bridgehead atoms. The predicted molar refractivity (Wildman–Crippen MR) is 66.5 cm³/mol. The summed E-state index contributed by atoms with van der Waals surface area (Å²) in [5.74, 6) is -3.25. The average molecular weight is 379 g/mol. The normalized spacial score (nSPS) is 12.8. The van der Waals surface area contributed by atoms with Gasteiger partial charge in [0.2, 0.25) is 0 Å². The molecule has 1 aromatic rings. The molecule has 0 saturated heterocycles. The first-order chi connectivity index (χ1) is 8.20. The Kier molecular flexibility index (Phi) is 4.93. The molecule has 0 unspecified atom stereocenters. The highest BCUT2D eigenvalue weighted by Crippen LogP contribution is 2.37. The van der Waals surface area contributed by atoms with E-state index in [2.05, 4.69) is 3.53 Å². The zero-order chi connectivity index (χ0) is 14.0. The monoisotopic (exact) mass is 379 g/mol. The fourth-order valence-corrected chi connectivity index (χ4v) is 1.89. The molecule has 0 aliphatic heterocycles. The Morgan fingerprint density at radius 1 is 1.06 bits per heavy atom. The molecule has 0 saturated carbocycles. The summed E-state index contributed by atoms with van der Waals surface area (Å²) >= 11 is 1.75. The van der Waals surface area contributed by atoms with Crippen molar-refractivity contribution in [3.05, 3.63) is 34.9 Å². The Bertz CT molecular complexity index is 416. The van der Waals surface area contributed by atoms with E-state index >= 15 is 0 Å². The molecule has 0 aliphatic rings. The lowest BCUT2D eigenvalue weighted by atomic mass is 9.99. The standard InChI is InChI=1S/C11H11F5IN/c1-2-10(12,13)8-3-7(6-18-17)4-9(5-8)11(14,15)16/h3-5,18H,2,6H2,1H3. The quantitative estimate of drug-likeness (QED) is 0.457. The molecule has 18 heavy (non-hydrogen) atoms. The van der Waals surface area contributed by atoms with Gasteiger partial charge >= 0.3 is 6.18 Å². The number of alkyl halides is 5. The highest BCUT2D eigenvalue weighted by Gasteiger charge is 2.35. The second-order valence-electron chi connectivity index (χ2n) is 3.78. The molecule has 1 nitrogen and oxygen atoms in total. The summed E-state index contributed by atoms with van der Waals surface area (Å²) in [5, 5.41) is 0. The minimum Gasteiger partial charge on any atom is -0.257 e. The van der Waals surface area contributed by atoms with E-state index in [1.807, 2.05) is 0 Å². The summed E-state index contributed by atoms with van der Waals surface area (Å²) in [6.45, 7) is 1.33. The van der Waals surface area contributed by atoms with Crippen LogP contribution in [-0.4, -0.2) is 0 Å². The summed E-state index contributed by atoms with van der Waals surface area (Å²) in [5.41, 5.74) is -1.46. The highest BCUT2D eigenvalue weighted by atomic mass is 127. The van der Waals surface area contributed by atoms with Gasteiger partial charge in [-0.1, -0.05) is 6.92 Å². The van der Waals surface area contributed by atoms with Gasteiger partial charge in [-0.15, -0.1) is 0 Å². The first kappa shape index (κ1) is 15.6. The largest absolute Gasteiger partial charge is 0.416 e. The molecule has 1 rings (SSSR count). The van der Waals surface area contributed by atoms with Gasteiger partial charge in [-0.3, -0.25) is 3.53 Å². The van der Waals surface area contributed by atoms with Crippen molar-refractivity contribution in [2.75, 3.05) is 0 Å². The molecule has 0 aromatic heterocycles. The molecule has 0 heterocycles. The molecule has 1 aromatic carbocycles. The van der Waals surface area contributed by atoms with E-state index in [4.69, 9.17) is 0 Å². The van der Waals surface area contributed by atoms with E-state index in [1.54, 1.807) is 22.9 Å². The van der Waals surface area contributed by atoms with E-state index in [9.17, 15) is 22.0 Å². The number of hydrogen-bond donors (Lipinski definition) is 1. The third-order valence-corrected chi connectivity index (χ3v) is 2.84. The number of hydrogen-bond acceptors (Lipinski definition) is 1. The van der Waals surface area contributed by atoms with Crippen LogP contribution in [0.5, 0.6) is 0 Å². The minimum absolute atomic E-state index is 0.0945. The SMILES string of the molecule is CCC(F)(F)c1cc(CNI)cc(C(F)(F)F)c1. The van der Waals surface area contributed by atoms with Crippen LogP contribution in [0.3, 0.4) is 0 Å². The van der Waals surface area contributed by atoms with E-state index in [0.29, 0.717) is 6.07 Å². The van der Waals surface area contributed by atoms with Crippen molar-refractivity contribution in [1.29, 1.82) is 0 Å². The Labute approximate surface area is 115 Å². The van der Waals surface area contributed by atoms with Crippen molar-refractivity contribution in [2.45, 2.75) is 32.0 Å². The van der Waals surface area contributed by atoms with E-state index in [-0.39, 0.29) is 12.1 Å². The highest BCUT2D eigenvalue weighted by molar-refractivity contribution is 14.1. The van der Waals surface area contributed by atoms with Gasteiger partial charge < -0.3 is 0 Å². The average Bonchev–Trinajstić information content (AvgIpc) is 2.28. The Balaban J connectivity index is 3.31. The molecule has 7 heteroatoms. The number of nitrogens with one attached hydrogen (secondary N) is 1. The van der Waals surface area contributed by atoms with Gasteiger partial charge in [0, 0.05) is 41.4 Å². The third kappa shape index (κ3) is 3.78. The van der Waals surface area contributed by atoms with Gasteiger partial charge in [0.1, 0.15) is 0 Å². The molecule has 0 aliphatic carbocycles. The van der Waals surface area contributed by atoms with Crippen LogP contribution in [0.1, 0.15) is 30.0 Å². The van der Waals surface area contributed by atoms with Crippen molar-refractivity contribution in [2.24, 2.45) is 0 Å². The molecule has 0 spiro atoms. The summed E-state index contributed by atoms with van der Waals surface area (Å²) in [6.07, 6.45) is -5.16. The zero-order valence-corrected chi connectivity index (χ0v) is 11.6. The Hall–Kier alpha value is -0.440. The fourth-order valence-electron chi connectivity index (χ4n) is 1.45. The van der Waals surface area contributed by atoms with Gasteiger partial charge in [0.25, 0.3) is 5.92 Å². The molecular weight excluding hydrogens is 368 g/mol. The van der Waals surface area contributed by atoms with E-state index in [1.165, 1.54) is 6.92 Å². The molecule has 1 N–H and O–H groups in total. The smallest absolute Gasteiger partial charge is 0.257 e.